The largest absolute Gasteiger partial charge is 0.396 e. The van der Waals surface area contributed by atoms with Gasteiger partial charge in [-0.2, -0.15) is 0 Å². The standard InChI is InChI=1S/C28H41N3O4S/c1-3-4-16-29-25(34)23-28-15-14-27(2,36-28)21(24(33)30-19-20-12-8-7-9-13-20)22(28)26(35)31(23)17-10-5-6-11-18-32/h7-9,12-13,21-23,32H,3-6,10-11,14-19H2,1-2H3,(H,29,34)(H,30,33)/t21-,22-,23?,27+,28?/m0/s1. The maximum absolute atomic E-state index is 14.0. The van der Waals surface area contributed by atoms with Gasteiger partial charge in [-0.15, -0.1) is 11.8 Å². The number of likely N-dealkylation sites (tertiary alicyclic amines) is 1. The minimum absolute atomic E-state index is 0.0383. The van der Waals surface area contributed by atoms with Gasteiger partial charge >= 0.3 is 0 Å². The number of carbonyl (C=O) groups is 3. The maximum Gasteiger partial charge on any atom is 0.244 e. The monoisotopic (exact) mass is 515 g/mol. The second-order valence-electron chi connectivity index (χ2n) is 10.7. The van der Waals surface area contributed by atoms with Crippen LogP contribution < -0.4 is 10.6 Å². The van der Waals surface area contributed by atoms with Crippen LogP contribution in [0.4, 0.5) is 0 Å². The molecule has 2 bridgehead atoms. The summed E-state index contributed by atoms with van der Waals surface area (Å²) in [5.74, 6) is -1.11. The summed E-state index contributed by atoms with van der Waals surface area (Å²) in [6, 6.07) is 9.27. The number of amides is 3. The SMILES string of the molecule is CCCCNC(=O)C1N(CCCCCCO)C(=O)[C@@H]2[C@@H](C(=O)NCc3ccccc3)[C@@]3(C)CCC12S3. The highest BCUT2D eigenvalue weighted by Crippen LogP contribution is 2.71. The van der Waals surface area contributed by atoms with Crippen LogP contribution in [-0.4, -0.2) is 63.0 Å². The van der Waals surface area contributed by atoms with Gasteiger partial charge in [0, 0.05) is 31.0 Å². The van der Waals surface area contributed by atoms with E-state index in [1.165, 1.54) is 0 Å². The molecule has 8 heteroatoms. The van der Waals surface area contributed by atoms with Gasteiger partial charge in [-0.3, -0.25) is 14.4 Å². The summed E-state index contributed by atoms with van der Waals surface area (Å²) in [7, 11) is 0. The summed E-state index contributed by atoms with van der Waals surface area (Å²) in [6.45, 7) is 5.92. The molecule has 3 aliphatic rings. The fourth-order valence-electron chi connectivity index (χ4n) is 6.50. The molecule has 4 rings (SSSR count). The number of carbonyl (C=O) groups excluding carboxylic acids is 3. The van der Waals surface area contributed by atoms with Crippen molar-refractivity contribution in [2.24, 2.45) is 11.8 Å². The van der Waals surface area contributed by atoms with E-state index in [1.807, 2.05) is 30.3 Å². The molecule has 1 aromatic rings. The van der Waals surface area contributed by atoms with Gasteiger partial charge in [0.15, 0.2) is 0 Å². The quantitative estimate of drug-likeness (QED) is 0.350. The van der Waals surface area contributed by atoms with E-state index in [9.17, 15) is 14.4 Å². The van der Waals surface area contributed by atoms with Crippen molar-refractivity contribution >= 4 is 29.5 Å². The Labute approximate surface area is 219 Å². The van der Waals surface area contributed by atoms with Crippen molar-refractivity contribution < 1.29 is 19.5 Å². The van der Waals surface area contributed by atoms with Crippen LogP contribution in [0.15, 0.2) is 30.3 Å². The number of hydrogen-bond acceptors (Lipinski definition) is 5. The molecule has 5 atom stereocenters. The van der Waals surface area contributed by atoms with Crippen molar-refractivity contribution in [1.82, 2.24) is 15.5 Å². The molecule has 3 aliphatic heterocycles. The van der Waals surface area contributed by atoms with E-state index in [1.54, 1.807) is 16.7 Å². The number of nitrogens with one attached hydrogen (secondary N) is 2. The first-order chi connectivity index (χ1) is 17.4. The fraction of sp³-hybridized carbons (Fsp3) is 0.679. The maximum atomic E-state index is 14.0. The van der Waals surface area contributed by atoms with Crippen molar-refractivity contribution in [3.63, 3.8) is 0 Å². The van der Waals surface area contributed by atoms with E-state index in [4.69, 9.17) is 5.11 Å². The minimum Gasteiger partial charge on any atom is -0.396 e. The lowest BCUT2D eigenvalue weighted by Gasteiger charge is -2.35. The molecule has 1 spiro atoms. The third-order valence-electron chi connectivity index (χ3n) is 8.25. The van der Waals surface area contributed by atoms with Gasteiger partial charge in [0.2, 0.25) is 17.7 Å². The minimum atomic E-state index is -0.554. The first-order valence-electron chi connectivity index (χ1n) is 13.6. The molecule has 198 valence electrons. The molecular formula is C28H41N3O4S. The number of fused-ring (bicyclic) bond motifs is 1. The Morgan fingerprint density at radius 2 is 1.81 bits per heavy atom. The molecule has 0 radical (unpaired) electrons. The fourth-order valence-corrected chi connectivity index (χ4v) is 8.85. The van der Waals surface area contributed by atoms with Crippen molar-refractivity contribution in [3.8, 4) is 0 Å². The highest BCUT2D eigenvalue weighted by atomic mass is 32.2. The van der Waals surface area contributed by atoms with Gasteiger partial charge in [-0.05, 0) is 44.6 Å². The first-order valence-corrected chi connectivity index (χ1v) is 14.4. The number of benzene rings is 1. The molecule has 3 saturated heterocycles. The number of aliphatic hydroxyl groups is 1. The van der Waals surface area contributed by atoms with Crippen LogP contribution in [0, 0.1) is 11.8 Å². The third-order valence-corrected chi connectivity index (χ3v) is 10.2. The van der Waals surface area contributed by atoms with E-state index in [0.717, 1.165) is 56.9 Å². The molecule has 7 nitrogen and oxygen atoms in total. The van der Waals surface area contributed by atoms with Crippen LogP contribution in [0.5, 0.6) is 0 Å². The Morgan fingerprint density at radius 3 is 2.53 bits per heavy atom. The molecule has 2 unspecified atom stereocenters. The number of thioether (sulfide) groups is 1. The molecule has 3 fully saturated rings. The van der Waals surface area contributed by atoms with Crippen molar-refractivity contribution in [3.05, 3.63) is 35.9 Å². The molecule has 3 heterocycles. The molecule has 3 N–H and O–H groups in total. The van der Waals surface area contributed by atoms with Crippen LogP contribution in [0.2, 0.25) is 0 Å². The van der Waals surface area contributed by atoms with Crippen molar-refractivity contribution in [2.75, 3.05) is 19.7 Å². The predicted molar refractivity (Wildman–Crippen MR) is 142 cm³/mol. The van der Waals surface area contributed by atoms with E-state index >= 15 is 0 Å². The predicted octanol–water partition coefficient (Wildman–Crippen LogP) is 3.25. The summed E-state index contributed by atoms with van der Waals surface area (Å²) in [4.78, 5) is 43.0. The van der Waals surface area contributed by atoms with E-state index in [0.29, 0.717) is 19.6 Å². The van der Waals surface area contributed by atoms with Crippen molar-refractivity contribution in [2.45, 2.75) is 87.3 Å². The smallest absolute Gasteiger partial charge is 0.244 e. The first kappa shape index (κ1) is 27.0. The van der Waals surface area contributed by atoms with E-state index < -0.39 is 22.6 Å². The Balaban J connectivity index is 1.56. The zero-order valence-electron chi connectivity index (χ0n) is 21.6. The lowest BCUT2D eigenvalue weighted by molar-refractivity contribution is -0.140. The topological polar surface area (TPSA) is 98.7 Å². The Bertz CT molecular complexity index is 944. The zero-order valence-corrected chi connectivity index (χ0v) is 22.4. The second kappa shape index (κ2) is 11.5. The van der Waals surface area contributed by atoms with Gasteiger partial charge < -0.3 is 20.6 Å². The molecule has 1 aromatic carbocycles. The van der Waals surface area contributed by atoms with E-state index in [-0.39, 0.29) is 29.1 Å². The van der Waals surface area contributed by atoms with Crippen LogP contribution in [-0.2, 0) is 20.9 Å². The summed E-state index contributed by atoms with van der Waals surface area (Å²) in [5.41, 5.74) is 1.02. The second-order valence-corrected chi connectivity index (χ2v) is 12.6. The molecule has 0 aliphatic carbocycles. The van der Waals surface area contributed by atoms with Crippen LogP contribution >= 0.6 is 11.8 Å². The van der Waals surface area contributed by atoms with Gasteiger partial charge in [-0.25, -0.2) is 0 Å². The molecule has 0 aromatic heterocycles. The number of hydrogen-bond donors (Lipinski definition) is 3. The van der Waals surface area contributed by atoms with Gasteiger partial charge in [0.25, 0.3) is 0 Å². The normalized spacial score (nSPS) is 30.5. The molecular weight excluding hydrogens is 474 g/mol. The Hall–Kier alpha value is -2.06. The summed E-state index contributed by atoms with van der Waals surface area (Å²) in [5, 5.41) is 15.3. The summed E-state index contributed by atoms with van der Waals surface area (Å²) < 4.78 is -0.905. The number of rotatable bonds is 13. The summed E-state index contributed by atoms with van der Waals surface area (Å²) >= 11 is 1.72. The average molecular weight is 516 g/mol. The zero-order chi connectivity index (χ0) is 25.8. The highest BCUT2D eigenvalue weighted by molar-refractivity contribution is 8.02. The highest BCUT2D eigenvalue weighted by Gasteiger charge is 2.76. The van der Waals surface area contributed by atoms with Crippen LogP contribution in [0.25, 0.3) is 0 Å². The number of nitrogens with zero attached hydrogens (tertiary/aromatic N) is 1. The molecule has 36 heavy (non-hydrogen) atoms. The van der Waals surface area contributed by atoms with Crippen molar-refractivity contribution in [1.29, 1.82) is 0 Å². The van der Waals surface area contributed by atoms with Gasteiger partial charge in [0.05, 0.1) is 16.6 Å². The number of aliphatic hydroxyl groups excluding tert-OH is 1. The van der Waals surface area contributed by atoms with E-state index in [2.05, 4.69) is 24.5 Å². The number of unbranched alkanes of at least 4 members (excludes halogenated alkanes) is 4. The lowest BCUT2D eigenvalue weighted by Crippen LogP contribution is -2.54. The van der Waals surface area contributed by atoms with Crippen LogP contribution in [0.1, 0.15) is 70.8 Å². The van der Waals surface area contributed by atoms with Crippen LogP contribution in [0.3, 0.4) is 0 Å². The Kier molecular flexibility index (Phi) is 8.66. The van der Waals surface area contributed by atoms with Gasteiger partial charge in [-0.1, -0.05) is 56.5 Å². The molecule has 3 amide bonds. The average Bonchev–Trinajstić information content (AvgIpc) is 3.44. The third kappa shape index (κ3) is 5.03. The molecule has 0 saturated carbocycles. The Morgan fingerprint density at radius 1 is 1.06 bits per heavy atom. The van der Waals surface area contributed by atoms with Gasteiger partial charge in [0.1, 0.15) is 6.04 Å². The lowest BCUT2D eigenvalue weighted by atomic mass is 9.66. The summed E-state index contributed by atoms with van der Waals surface area (Å²) in [6.07, 6.45) is 6.84.